The first-order valence-electron chi connectivity index (χ1n) is 10.2. The number of hydrogen-bond donors (Lipinski definition) is 0. The number of ether oxygens (including phenoxy) is 3. The second-order valence-electron chi connectivity index (χ2n) is 7.52. The summed E-state index contributed by atoms with van der Waals surface area (Å²) in [5, 5.41) is 0. The number of methoxy groups -OCH3 is 2. The van der Waals surface area contributed by atoms with Gasteiger partial charge < -0.3 is 14.2 Å². The van der Waals surface area contributed by atoms with Crippen molar-refractivity contribution in [3.05, 3.63) is 72.3 Å². The van der Waals surface area contributed by atoms with Gasteiger partial charge in [-0.2, -0.15) is 0 Å². The second-order valence-corrected chi connectivity index (χ2v) is 9.47. The fraction of sp³-hybridized carbons (Fsp3) is 0.240. The molecule has 0 radical (unpaired) electrons. The Labute approximate surface area is 189 Å². The SMILES string of the molecule is COc1ccc(S(=O)(=O)c2ccccc2)cc1N=Cc1ccc(OCC(C)C)c(OC)c1. The zero-order valence-corrected chi connectivity index (χ0v) is 19.4. The van der Waals surface area contributed by atoms with Crippen molar-refractivity contribution in [1.29, 1.82) is 0 Å². The van der Waals surface area contributed by atoms with Crippen LogP contribution in [0, 0.1) is 5.92 Å². The first-order valence-corrected chi connectivity index (χ1v) is 11.7. The molecular formula is C25H27NO5S. The van der Waals surface area contributed by atoms with E-state index in [-0.39, 0.29) is 9.79 Å². The summed E-state index contributed by atoms with van der Waals surface area (Å²) in [5.74, 6) is 2.12. The lowest BCUT2D eigenvalue weighted by Crippen LogP contribution is -2.05. The third-order valence-corrected chi connectivity index (χ3v) is 6.39. The summed E-state index contributed by atoms with van der Waals surface area (Å²) >= 11 is 0. The van der Waals surface area contributed by atoms with Crippen LogP contribution in [0.2, 0.25) is 0 Å². The van der Waals surface area contributed by atoms with E-state index >= 15 is 0 Å². The van der Waals surface area contributed by atoms with Gasteiger partial charge in [-0.1, -0.05) is 32.0 Å². The molecule has 0 aliphatic carbocycles. The average Bonchev–Trinajstić information content (AvgIpc) is 2.81. The smallest absolute Gasteiger partial charge is 0.206 e. The van der Waals surface area contributed by atoms with Gasteiger partial charge in [0.15, 0.2) is 11.5 Å². The Kier molecular flexibility index (Phi) is 7.53. The van der Waals surface area contributed by atoms with Crippen LogP contribution in [-0.2, 0) is 9.84 Å². The summed E-state index contributed by atoms with van der Waals surface area (Å²) in [6, 6.07) is 18.4. The van der Waals surface area contributed by atoms with E-state index < -0.39 is 9.84 Å². The molecule has 6 nitrogen and oxygen atoms in total. The van der Waals surface area contributed by atoms with E-state index in [1.54, 1.807) is 49.7 Å². The Morgan fingerprint density at radius 1 is 0.844 bits per heavy atom. The molecule has 0 saturated heterocycles. The standard InChI is InChI=1S/C25H27NO5S/c1-18(2)17-31-24-12-10-19(14-25(24)30-4)16-26-22-15-21(11-13-23(22)29-3)32(27,28)20-8-6-5-7-9-20/h5-16,18H,17H2,1-4H3. The molecule has 0 atom stereocenters. The molecule has 7 heteroatoms. The van der Waals surface area contributed by atoms with Crippen LogP contribution in [0.25, 0.3) is 0 Å². The van der Waals surface area contributed by atoms with Gasteiger partial charge in [0.1, 0.15) is 11.4 Å². The lowest BCUT2D eigenvalue weighted by Gasteiger charge is -2.12. The Morgan fingerprint density at radius 3 is 2.19 bits per heavy atom. The summed E-state index contributed by atoms with van der Waals surface area (Å²) in [5.41, 5.74) is 1.18. The van der Waals surface area contributed by atoms with Crippen molar-refractivity contribution in [3.63, 3.8) is 0 Å². The highest BCUT2D eigenvalue weighted by Gasteiger charge is 2.19. The molecule has 0 bridgehead atoms. The number of sulfone groups is 1. The molecule has 0 aliphatic rings. The number of nitrogens with zero attached hydrogens (tertiary/aromatic N) is 1. The molecule has 0 spiro atoms. The van der Waals surface area contributed by atoms with Gasteiger partial charge in [-0.3, -0.25) is 4.99 Å². The lowest BCUT2D eigenvalue weighted by atomic mass is 10.2. The van der Waals surface area contributed by atoms with Crippen molar-refractivity contribution in [2.24, 2.45) is 10.9 Å². The lowest BCUT2D eigenvalue weighted by molar-refractivity contribution is 0.257. The molecule has 3 aromatic carbocycles. The van der Waals surface area contributed by atoms with Gasteiger partial charge in [0, 0.05) is 6.21 Å². The highest BCUT2D eigenvalue weighted by molar-refractivity contribution is 7.91. The average molecular weight is 454 g/mol. The van der Waals surface area contributed by atoms with Crippen LogP contribution >= 0.6 is 0 Å². The minimum atomic E-state index is -3.67. The van der Waals surface area contributed by atoms with E-state index in [0.717, 1.165) is 5.56 Å². The summed E-state index contributed by atoms with van der Waals surface area (Å²) in [6.45, 7) is 4.74. The van der Waals surface area contributed by atoms with E-state index in [9.17, 15) is 8.42 Å². The van der Waals surface area contributed by atoms with Gasteiger partial charge in [0.2, 0.25) is 9.84 Å². The van der Waals surface area contributed by atoms with Gasteiger partial charge in [0.25, 0.3) is 0 Å². The maximum Gasteiger partial charge on any atom is 0.206 e. The topological polar surface area (TPSA) is 74.2 Å². The molecule has 0 saturated carbocycles. The number of rotatable bonds is 9. The molecule has 0 aliphatic heterocycles. The van der Waals surface area contributed by atoms with Crippen LogP contribution in [0.15, 0.2) is 81.5 Å². The van der Waals surface area contributed by atoms with Crippen LogP contribution in [-0.4, -0.2) is 35.5 Å². The van der Waals surface area contributed by atoms with Crippen molar-refractivity contribution in [1.82, 2.24) is 0 Å². The minimum absolute atomic E-state index is 0.145. The van der Waals surface area contributed by atoms with Crippen LogP contribution in [0.5, 0.6) is 17.2 Å². The summed E-state index contributed by atoms with van der Waals surface area (Å²) in [7, 11) is -0.565. The van der Waals surface area contributed by atoms with E-state index in [1.807, 2.05) is 18.2 Å². The Balaban J connectivity index is 1.92. The number of aliphatic imine (C=N–C) groups is 1. The van der Waals surface area contributed by atoms with Gasteiger partial charge in [0.05, 0.1) is 30.6 Å². The molecular weight excluding hydrogens is 426 g/mol. The summed E-state index contributed by atoms with van der Waals surface area (Å²) in [6.07, 6.45) is 1.63. The molecule has 168 valence electrons. The largest absolute Gasteiger partial charge is 0.494 e. The molecule has 0 unspecified atom stereocenters. The highest BCUT2D eigenvalue weighted by Crippen LogP contribution is 2.33. The van der Waals surface area contributed by atoms with Crippen molar-refractivity contribution >= 4 is 21.7 Å². The first kappa shape index (κ1) is 23.3. The van der Waals surface area contributed by atoms with Crippen molar-refractivity contribution < 1.29 is 22.6 Å². The molecule has 0 heterocycles. The second kappa shape index (κ2) is 10.3. The Morgan fingerprint density at radius 2 is 1.53 bits per heavy atom. The van der Waals surface area contributed by atoms with Crippen LogP contribution < -0.4 is 14.2 Å². The first-order chi connectivity index (χ1) is 15.3. The minimum Gasteiger partial charge on any atom is -0.494 e. The quantitative estimate of drug-likeness (QED) is 0.410. The van der Waals surface area contributed by atoms with E-state index in [2.05, 4.69) is 18.8 Å². The van der Waals surface area contributed by atoms with Gasteiger partial charge >= 0.3 is 0 Å². The van der Waals surface area contributed by atoms with Crippen molar-refractivity contribution in [3.8, 4) is 17.2 Å². The van der Waals surface area contributed by atoms with Gasteiger partial charge in [-0.05, 0) is 60.0 Å². The third-order valence-electron chi connectivity index (χ3n) is 4.63. The van der Waals surface area contributed by atoms with Crippen molar-refractivity contribution in [2.45, 2.75) is 23.6 Å². The molecule has 32 heavy (non-hydrogen) atoms. The molecule has 0 fully saturated rings. The van der Waals surface area contributed by atoms with Crippen LogP contribution in [0.4, 0.5) is 5.69 Å². The highest BCUT2D eigenvalue weighted by atomic mass is 32.2. The monoisotopic (exact) mass is 453 g/mol. The fourth-order valence-electron chi connectivity index (χ4n) is 2.96. The van der Waals surface area contributed by atoms with Crippen LogP contribution in [0.3, 0.4) is 0 Å². The van der Waals surface area contributed by atoms with E-state index in [1.165, 1.54) is 19.2 Å². The van der Waals surface area contributed by atoms with Gasteiger partial charge in [-0.15, -0.1) is 0 Å². The zero-order chi connectivity index (χ0) is 23.1. The summed E-state index contributed by atoms with van der Waals surface area (Å²) in [4.78, 5) is 4.85. The molecule has 3 aromatic rings. The Bertz CT molecular complexity index is 1190. The maximum atomic E-state index is 13.0. The summed E-state index contributed by atoms with van der Waals surface area (Å²) < 4.78 is 42.5. The van der Waals surface area contributed by atoms with Gasteiger partial charge in [-0.25, -0.2) is 8.42 Å². The number of benzene rings is 3. The van der Waals surface area contributed by atoms with E-state index in [4.69, 9.17) is 14.2 Å². The maximum absolute atomic E-state index is 13.0. The van der Waals surface area contributed by atoms with Crippen LogP contribution in [0.1, 0.15) is 19.4 Å². The fourth-order valence-corrected chi connectivity index (χ4v) is 4.26. The normalized spacial score (nSPS) is 11.7. The predicted molar refractivity (Wildman–Crippen MR) is 125 cm³/mol. The molecule has 0 amide bonds. The zero-order valence-electron chi connectivity index (χ0n) is 18.6. The Hall–Kier alpha value is -3.32. The predicted octanol–water partition coefficient (Wildman–Crippen LogP) is 5.32. The number of hydrogen-bond acceptors (Lipinski definition) is 6. The van der Waals surface area contributed by atoms with Crippen molar-refractivity contribution in [2.75, 3.05) is 20.8 Å². The molecule has 3 rings (SSSR count). The molecule has 0 N–H and O–H groups in total. The van der Waals surface area contributed by atoms with E-state index in [0.29, 0.717) is 35.5 Å². The molecule has 0 aromatic heterocycles. The third kappa shape index (κ3) is 5.48.